The van der Waals surface area contributed by atoms with E-state index >= 15 is 0 Å². The minimum absolute atomic E-state index is 0.799. The van der Waals surface area contributed by atoms with Gasteiger partial charge in [0.05, 0.1) is 0 Å². The van der Waals surface area contributed by atoms with E-state index in [1.807, 2.05) is 48.5 Å². The third-order valence-corrected chi connectivity index (χ3v) is 8.12. The maximum Gasteiger partial charge on any atom is 0.0314 e. The van der Waals surface area contributed by atoms with E-state index in [1.54, 1.807) is 41.2 Å². The molecule has 2 aromatic carbocycles. The first-order valence-electron chi connectivity index (χ1n) is 5.13. The van der Waals surface area contributed by atoms with Gasteiger partial charge in [-0.15, -0.1) is 0 Å². The van der Waals surface area contributed by atoms with Crippen molar-refractivity contribution in [1.82, 2.24) is 0 Å². The summed E-state index contributed by atoms with van der Waals surface area (Å²) in [4.78, 5) is 2.42. The second kappa shape index (κ2) is 7.13. The molecular weight excluding hydrogens is 300 g/mol. The summed E-state index contributed by atoms with van der Waals surface area (Å²) in [6.45, 7) is 0. The van der Waals surface area contributed by atoms with Gasteiger partial charge in [0.15, 0.2) is 0 Å². The lowest BCUT2D eigenvalue weighted by Crippen LogP contribution is -1.81. The van der Waals surface area contributed by atoms with Gasteiger partial charge < -0.3 is 11.5 Å². The van der Waals surface area contributed by atoms with Crippen molar-refractivity contribution in [3.8, 4) is 0 Å². The van der Waals surface area contributed by atoms with Crippen LogP contribution in [0.4, 0.5) is 11.4 Å². The molecule has 6 heteroatoms. The second-order valence-corrected chi connectivity index (χ2v) is 9.26. The van der Waals surface area contributed by atoms with Gasteiger partial charge in [-0.2, -0.15) is 0 Å². The number of hydrogen-bond donors (Lipinski definition) is 2. The highest BCUT2D eigenvalue weighted by Gasteiger charge is 1.98. The summed E-state index contributed by atoms with van der Waals surface area (Å²) >= 11 is 0. The van der Waals surface area contributed by atoms with Crippen molar-refractivity contribution >= 4 is 52.6 Å². The molecule has 0 aliphatic rings. The van der Waals surface area contributed by atoms with E-state index in [2.05, 4.69) is 0 Å². The predicted molar refractivity (Wildman–Crippen MR) is 88.6 cm³/mol. The van der Waals surface area contributed by atoms with Gasteiger partial charge >= 0.3 is 0 Å². The Labute approximate surface area is 122 Å². The van der Waals surface area contributed by atoms with Gasteiger partial charge in [0, 0.05) is 21.2 Å². The lowest BCUT2D eigenvalue weighted by Gasteiger charge is -2.01. The van der Waals surface area contributed by atoms with E-state index in [4.69, 9.17) is 11.5 Å². The molecule has 0 aliphatic heterocycles. The first kappa shape index (κ1) is 13.9. The Bertz CT molecular complexity index is 437. The highest BCUT2D eigenvalue weighted by atomic mass is 33.7. The van der Waals surface area contributed by atoms with Crippen LogP contribution in [0.2, 0.25) is 0 Å². The van der Waals surface area contributed by atoms with Crippen molar-refractivity contribution in [1.29, 1.82) is 0 Å². The predicted octanol–water partition coefficient (Wildman–Crippen LogP) is 4.95. The summed E-state index contributed by atoms with van der Waals surface area (Å²) in [5.74, 6) is 0. The second-order valence-electron chi connectivity index (χ2n) is 3.44. The zero-order valence-electron chi connectivity index (χ0n) is 9.41. The molecule has 0 heterocycles. The van der Waals surface area contributed by atoms with Crippen LogP contribution in [0.1, 0.15) is 0 Å². The molecule has 2 aromatic rings. The molecule has 18 heavy (non-hydrogen) atoms. The fraction of sp³-hybridized carbons (Fsp3) is 0. The minimum atomic E-state index is 0.799. The molecule has 0 unspecified atom stereocenters. The molecule has 0 spiro atoms. The van der Waals surface area contributed by atoms with Crippen molar-refractivity contribution in [3.05, 3.63) is 48.5 Å². The van der Waals surface area contributed by atoms with Gasteiger partial charge in [0.2, 0.25) is 0 Å². The lowest BCUT2D eigenvalue weighted by atomic mass is 10.3. The number of nitrogens with two attached hydrogens (primary N) is 2. The smallest absolute Gasteiger partial charge is 0.0314 e. The molecule has 0 radical (unpaired) electrons. The number of rotatable bonds is 5. The van der Waals surface area contributed by atoms with E-state index in [-0.39, 0.29) is 0 Å². The summed E-state index contributed by atoms with van der Waals surface area (Å²) in [5, 5.41) is 0. The van der Waals surface area contributed by atoms with Crippen molar-refractivity contribution in [2.75, 3.05) is 11.5 Å². The molecular formula is C12H12N2S4. The quantitative estimate of drug-likeness (QED) is 0.463. The first-order valence-corrected chi connectivity index (χ1v) is 9.94. The van der Waals surface area contributed by atoms with Crippen molar-refractivity contribution < 1.29 is 0 Å². The van der Waals surface area contributed by atoms with Crippen LogP contribution in [-0.4, -0.2) is 0 Å². The fourth-order valence-electron chi connectivity index (χ4n) is 1.15. The van der Waals surface area contributed by atoms with Gasteiger partial charge in [0.1, 0.15) is 0 Å². The first-order chi connectivity index (χ1) is 8.74. The summed E-state index contributed by atoms with van der Waals surface area (Å²) in [7, 11) is 6.93. The molecule has 0 saturated heterocycles. The molecule has 94 valence electrons. The van der Waals surface area contributed by atoms with E-state index in [0.717, 1.165) is 11.4 Å². The summed E-state index contributed by atoms with van der Waals surface area (Å²) < 4.78 is 0. The van der Waals surface area contributed by atoms with Crippen LogP contribution in [0, 0.1) is 0 Å². The Balaban J connectivity index is 1.73. The molecule has 0 aliphatic carbocycles. The molecule has 0 saturated carbocycles. The molecule has 2 nitrogen and oxygen atoms in total. The van der Waals surface area contributed by atoms with Crippen molar-refractivity contribution in [2.24, 2.45) is 0 Å². The maximum absolute atomic E-state index is 5.63. The van der Waals surface area contributed by atoms with Crippen LogP contribution in [0.3, 0.4) is 0 Å². The van der Waals surface area contributed by atoms with Crippen molar-refractivity contribution in [3.63, 3.8) is 0 Å². The monoisotopic (exact) mass is 312 g/mol. The maximum atomic E-state index is 5.63. The van der Waals surface area contributed by atoms with Gasteiger partial charge in [-0.3, -0.25) is 0 Å². The number of hydrogen-bond acceptors (Lipinski definition) is 6. The van der Waals surface area contributed by atoms with Crippen LogP contribution < -0.4 is 11.5 Å². The topological polar surface area (TPSA) is 52.0 Å². The fourth-order valence-corrected chi connectivity index (χ4v) is 6.58. The summed E-state index contributed by atoms with van der Waals surface area (Å²) in [6.07, 6.45) is 0. The molecule has 4 N–H and O–H groups in total. The Morgan fingerprint density at radius 3 is 1.22 bits per heavy atom. The highest BCUT2D eigenvalue weighted by molar-refractivity contribution is 9.26. The summed E-state index contributed by atoms with van der Waals surface area (Å²) in [5.41, 5.74) is 12.9. The van der Waals surface area contributed by atoms with Gasteiger partial charge in [0.25, 0.3) is 0 Å². The Kier molecular flexibility index (Phi) is 5.49. The highest BCUT2D eigenvalue weighted by Crippen LogP contribution is 2.49. The summed E-state index contributed by atoms with van der Waals surface area (Å²) in [6, 6.07) is 15.8. The van der Waals surface area contributed by atoms with Crippen molar-refractivity contribution in [2.45, 2.75) is 9.79 Å². The van der Waals surface area contributed by atoms with E-state index in [1.165, 1.54) is 9.79 Å². The van der Waals surface area contributed by atoms with E-state index in [0.29, 0.717) is 0 Å². The molecule has 0 atom stereocenters. The number of nitrogen functional groups attached to an aromatic ring is 2. The molecule has 0 bridgehead atoms. The SMILES string of the molecule is Nc1ccc(SSSSc2ccc(N)cc2)cc1. The third kappa shape index (κ3) is 4.61. The normalized spacial score (nSPS) is 10.4. The number of anilines is 2. The third-order valence-electron chi connectivity index (χ3n) is 2.05. The average Bonchev–Trinajstić information content (AvgIpc) is 2.39. The van der Waals surface area contributed by atoms with Crippen LogP contribution in [0.25, 0.3) is 0 Å². The van der Waals surface area contributed by atoms with Crippen LogP contribution >= 0.6 is 41.2 Å². The Hall–Kier alpha value is -0.560. The van der Waals surface area contributed by atoms with E-state index < -0.39 is 0 Å². The van der Waals surface area contributed by atoms with E-state index in [9.17, 15) is 0 Å². The largest absolute Gasteiger partial charge is 0.399 e. The zero-order chi connectivity index (χ0) is 12.8. The average molecular weight is 313 g/mol. The molecule has 2 rings (SSSR count). The van der Waals surface area contributed by atoms with Crippen LogP contribution in [0.5, 0.6) is 0 Å². The molecule has 0 fully saturated rings. The Morgan fingerprint density at radius 2 is 0.889 bits per heavy atom. The lowest BCUT2D eigenvalue weighted by molar-refractivity contribution is 1.48. The van der Waals surface area contributed by atoms with Gasteiger partial charge in [-0.05, 0) is 89.8 Å². The van der Waals surface area contributed by atoms with Crippen LogP contribution in [0.15, 0.2) is 58.3 Å². The van der Waals surface area contributed by atoms with Crippen LogP contribution in [-0.2, 0) is 0 Å². The zero-order valence-corrected chi connectivity index (χ0v) is 12.7. The van der Waals surface area contributed by atoms with Gasteiger partial charge in [-0.25, -0.2) is 0 Å². The molecule has 0 aromatic heterocycles. The molecule has 0 amide bonds. The standard InChI is InChI=1S/C12H12N2S4/c13-9-1-5-11(6-2-9)15-17-18-16-12-7-3-10(14)4-8-12/h1-8H,13-14H2. The Morgan fingerprint density at radius 1 is 0.556 bits per heavy atom. The number of benzene rings is 2. The van der Waals surface area contributed by atoms with Gasteiger partial charge in [-0.1, -0.05) is 0 Å². The minimum Gasteiger partial charge on any atom is -0.399 e.